The molecule has 0 bridgehead atoms. The fourth-order valence-corrected chi connectivity index (χ4v) is 5.70. The van der Waals surface area contributed by atoms with Crippen LogP contribution in [0, 0.1) is 0 Å². The summed E-state index contributed by atoms with van der Waals surface area (Å²) in [7, 11) is 0. The second-order valence-electron chi connectivity index (χ2n) is 9.96. The zero-order valence-electron chi connectivity index (χ0n) is 44.9. The molecule has 45 heavy (non-hydrogen) atoms. The van der Waals surface area contributed by atoms with E-state index in [-0.39, 0.29) is 38.8 Å². The molecule has 210 valence electrons. The van der Waals surface area contributed by atoms with Crippen LogP contribution in [0.4, 0.5) is 0 Å². The van der Waals surface area contributed by atoms with Crippen molar-refractivity contribution < 1.29 is 34.6 Å². The van der Waals surface area contributed by atoms with Gasteiger partial charge in [0.25, 0.3) is 0 Å². The quantitative estimate of drug-likeness (QED) is 0.185. The number of benzene rings is 8. The van der Waals surface area contributed by atoms with Crippen LogP contribution < -0.4 is 0 Å². The van der Waals surface area contributed by atoms with Gasteiger partial charge in [-0.15, -0.1) is 0 Å². The van der Waals surface area contributed by atoms with E-state index in [0.717, 1.165) is 0 Å². The molecule has 9 aromatic rings. The highest BCUT2D eigenvalue weighted by molar-refractivity contribution is 6.26. The predicted octanol–water partition coefficient (Wildman–Crippen LogP) is 12.6. The van der Waals surface area contributed by atoms with Crippen molar-refractivity contribution in [2.45, 2.75) is 0 Å². The van der Waals surface area contributed by atoms with Crippen LogP contribution in [0.3, 0.4) is 0 Å². The third-order valence-electron chi connectivity index (χ3n) is 7.56. The number of para-hydroxylation sites is 1. The van der Waals surface area contributed by atoms with E-state index in [4.69, 9.17) is 23.6 Å². The van der Waals surface area contributed by atoms with Gasteiger partial charge in [0.15, 0.2) is 0 Å². The molecule has 0 aliphatic heterocycles. The molecule has 9 rings (SSSR count). The zero-order valence-corrected chi connectivity index (χ0v) is 22.9. The fourth-order valence-electron chi connectivity index (χ4n) is 5.70. The summed E-state index contributed by atoms with van der Waals surface area (Å²) in [5.74, 6) is 0. The zero-order chi connectivity index (χ0) is 48.9. The summed E-state index contributed by atoms with van der Waals surface area (Å²) < 4.78 is 201. The van der Waals surface area contributed by atoms with E-state index < -0.39 is 177 Å². The number of hydrogen-bond donors (Lipinski definition) is 0. The molecule has 0 aliphatic carbocycles. The van der Waals surface area contributed by atoms with Gasteiger partial charge >= 0.3 is 0 Å². The van der Waals surface area contributed by atoms with Crippen LogP contribution in [0.2, 0.25) is 0 Å². The van der Waals surface area contributed by atoms with Crippen molar-refractivity contribution in [3.63, 3.8) is 0 Å². The Morgan fingerprint density at radius 3 is 1.51 bits per heavy atom. The first-order chi connectivity index (χ1) is 31.5. The Morgan fingerprint density at radius 1 is 0.378 bits per heavy atom. The van der Waals surface area contributed by atoms with E-state index in [2.05, 4.69) is 0 Å². The van der Waals surface area contributed by atoms with Gasteiger partial charge in [-0.05, 0) is 72.6 Å². The van der Waals surface area contributed by atoms with Gasteiger partial charge < -0.3 is 4.42 Å². The second-order valence-corrected chi connectivity index (χ2v) is 9.96. The molecule has 0 amide bonds. The summed E-state index contributed by atoms with van der Waals surface area (Å²) in [6.45, 7) is 0. The standard InChI is InChI=1S/C44H28O/c1-3-13-29(14-4-1)30-23-25-32(26-24-30)41-34-17-7-9-19-36(34)42(37-20-10-8-18-35(37)41)39-28-27-33(31-15-5-2-6-16-31)44-43(39)38-21-11-12-22-40(38)45-44/h1-28H/i1D,2D,3D,4D,5D,6D,7D,8D,9D,10D,13D,14D,15D,16D,17D,18D,19D,20D,23D,24D,25D,26D. The third-order valence-corrected chi connectivity index (χ3v) is 7.56. The van der Waals surface area contributed by atoms with Crippen LogP contribution in [0.15, 0.2) is 174 Å². The Labute approximate surface area is 292 Å². The van der Waals surface area contributed by atoms with Gasteiger partial charge in [0.1, 0.15) is 11.2 Å². The average molecular weight is 595 g/mol. The Bertz CT molecular complexity index is 3610. The first-order valence-electron chi connectivity index (χ1n) is 24.6. The largest absolute Gasteiger partial charge is 0.455 e. The topological polar surface area (TPSA) is 13.1 Å². The van der Waals surface area contributed by atoms with Gasteiger partial charge in [-0.3, -0.25) is 0 Å². The summed E-state index contributed by atoms with van der Waals surface area (Å²) in [4.78, 5) is 0. The molecule has 0 radical (unpaired) electrons. The summed E-state index contributed by atoms with van der Waals surface area (Å²) in [6, 6.07) is -8.05. The van der Waals surface area contributed by atoms with E-state index >= 15 is 0 Å². The van der Waals surface area contributed by atoms with Gasteiger partial charge in [-0.2, -0.15) is 0 Å². The second kappa shape index (κ2) is 10.4. The molecule has 0 saturated heterocycles. The van der Waals surface area contributed by atoms with Crippen LogP contribution in [0.5, 0.6) is 0 Å². The summed E-state index contributed by atoms with van der Waals surface area (Å²) >= 11 is 0. The molecule has 0 saturated carbocycles. The third kappa shape index (κ3) is 4.09. The van der Waals surface area contributed by atoms with Crippen molar-refractivity contribution in [2.75, 3.05) is 0 Å². The van der Waals surface area contributed by atoms with Gasteiger partial charge in [0.05, 0.1) is 30.2 Å². The Hall–Kier alpha value is -5.92. The number of rotatable bonds is 4. The SMILES string of the molecule is [2H]c1c([2H])c([2H])c(-c2c([2H])c([2H])c(-c3c4c([2H])c([2H])c([2H])c([2H])c4c(-c4ccc(-c5c([2H])c([2H])c([2H])c([2H])c5[2H])c5oc6ccccc6c45)c4c([2H])c([2H])c([2H])c([2H])c34)c([2H])c2[2H])c([2H])c1[2H]. The molecule has 0 N–H and O–H groups in total. The number of furan rings is 1. The van der Waals surface area contributed by atoms with Crippen LogP contribution in [-0.2, 0) is 0 Å². The monoisotopic (exact) mass is 594 g/mol. The van der Waals surface area contributed by atoms with E-state index in [1.54, 1.807) is 24.3 Å². The predicted molar refractivity (Wildman–Crippen MR) is 190 cm³/mol. The van der Waals surface area contributed by atoms with Crippen LogP contribution in [0.1, 0.15) is 30.2 Å². The van der Waals surface area contributed by atoms with Gasteiger partial charge in [-0.25, -0.2) is 0 Å². The molecule has 0 aliphatic rings. The van der Waals surface area contributed by atoms with Gasteiger partial charge in [0, 0.05) is 16.3 Å². The lowest BCUT2D eigenvalue weighted by Crippen LogP contribution is -1.92. The molecule has 0 atom stereocenters. The maximum absolute atomic E-state index is 9.47. The van der Waals surface area contributed by atoms with Crippen molar-refractivity contribution in [2.24, 2.45) is 0 Å². The van der Waals surface area contributed by atoms with Crippen LogP contribution in [-0.4, -0.2) is 0 Å². The maximum Gasteiger partial charge on any atom is 0.143 e. The minimum absolute atomic E-state index is 0.0174. The van der Waals surface area contributed by atoms with Gasteiger partial charge in [0.2, 0.25) is 0 Å². The molecule has 0 fully saturated rings. The van der Waals surface area contributed by atoms with Gasteiger partial charge in [-0.1, -0.05) is 157 Å². The maximum atomic E-state index is 9.47. The van der Waals surface area contributed by atoms with Crippen molar-refractivity contribution in [1.82, 2.24) is 0 Å². The highest BCUT2D eigenvalue weighted by Crippen LogP contribution is 2.48. The van der Waals surface area contributed by atoms with Crippen LogP contribution in [0.25, 0.3) is 88.0 Å². The minimum Gasteiger partial charge on any atom is -0.455 e. The molecule has 1 aromatic heterocycles. The van der Waals surface area contributed by atoms with Crippen molar-refractivity contribution >= 4 is 43.5 Å². The molecule has 1 heteroatoms. The Kier molecular flexibility index (Phi) is 2.73. The van der Waals surface area contributed by atoms with E-state index in [9.17, 15) is 11.0 Å². The normalized spacial score (nSPS) is 18.4. The molecule has 8 aromatic carbocycles. The van der Waals surface area contributed by atoms with E-state index in [1.807, 2.05) is 0 Å². The van der Waals surface area contributed by atoms with E-state index in [1.165, 1.54) is 12.1 Å². The smallest absolute Gasteiger partial charge is 0.143 e. The highest BCUT2D eigenvalue weighted by atomic mass is 16.3. The Morgan fingerprint density at radius 2 is 0.867 bits per heavy atom. The fraction of sp³-hybridized carbons (Fsp3) is 0. The number of fused-ring (bicyclic) bond motifs is 5. The molecule has 0 unspecified atom stereocenters. The first kappa shape index (κ1) is 11.9. The molecule has 1 heterocycles. The number of hydrogen-bond acceptors (Lipinski definition) is 1. The molecular formula is C44H28O. The van der Waals surface area contributed by atoms with Crippen molar-refractivity contribution in [3.05, 3.63) is 169 Å². The first-order valence-corrected chi connectivity index (χ1v) is 13.6. The summed E-state index contributed by atoms with van der Waals surface area (Å²) in [6.07, 6.45) is 0. The Balaban J connectivity index is 1.55. The van der Waals surface area contributed by atoms with Crippen molar-refractivity contribution in [3.8, 4) is 44.5 Å². The molecule has 0 spiro atoms. The average Bonchev–Trinajstić information content (AvgIpc) is 3.71. The molecule has 1 nitrogen and oxygen atoms in total. The molecular weight excluding hydrogens is 544 g/mol. The lowest BCUT2D eigenvalue weighted by atomic mass is 9.84. The minimum atomic E-state index is -0.941. The summed E-state index contributed by atoms with van der Waals surface area (Å²) in [5.41, 5.74) is -2.87. The lowest BCUT2D eigenvalue weighted by Gasteiger charge is -2.19. The van der Waals surface area contributed by atoms with Crippen LogP contribution >= 0.6 is 0 Å². The van der Waals surface area contributed by atoms with E-state index in [0.29, 0.717) is 5.39 Å². The lowest BCUT2D eigenvalue weighted by molar-refractivity contribution is 0.670. The summed E-state index contributed by atoms with van der Waals surface area (Å²) in [5, 5.41) is -1.30. The van der Waals surface area contributed by atoms with Crippen molar-refractivity contribution in [1.29, 1.82) is 0 Å². The highest BCUT2D eigenvalue weighted by Gasteiger charge is 2.22.